The number of hydrogen-bond donors (Lipinski definition) is 3. The maximum atomic E-state index is 15.1. The van der Waals surface area contributed by atoms with Crippen molar-refractivity contribution >= 4 is 44.7 Å². The summed E-state index contributed by atoms with van der Waals surface area (Å²) >= 11 is 0. The predicted molar refractivity (Wildman–Crippen MR) is 220 cm³/mol. The van der Waals surface area contributed by atoms with E-state index in [2.05, 4.69) is 20.3 Å². The molecule has 6 atom stereocenters. The maximum absolute atomic E-state index is 15.1. The van der Waals surface area contributed by atoms with E-state index in [0.717, 1.165) is 0 Å². The standard InChI is InChI=1S/C43H54F4N6O9S/c1-39(2,3)62-38(57)49-29-12-10-8-6-7-9-11-24-18-42(24,37(56)51-63(58,59)40(4)15-16-40)50-35(54)31-20-41(23-53(31)36(29)55)19-30(52-21-25(44)22-52)32-27-17-26(60-5)13-14-28(27)48-34(33(32)61-41)43(45,46)47/h9,11,13-14,17,24-25,29-31H,6-8,10,12,15-16,18-23H2,1-5H3,(H,49,57)(H,50,54)(H,51,56)/b11-9-/t24-,29+,30-,31+,41-,42-/m1/s1. The molecule has 1 spiro atoms. The monoisotopic (exact) mass is 906 g/mol. The van der Waals surface area contributed by atoms with E-state index in [0.29, 0.717) is 49.7 Å². The fraction of sp³-hybridized carbons (Fsp3) is 0.651. The molecular weight excluding hydrogens is 853 g/mol. The molecule has 3 N–H and O–H groups in total. The molecule has 1 aromatic heterocycles. The van der Waals surface area contributed by atoms with Crippen LogP contribution in [0.15, 0.2) is 30.4 Å². The lowest BCUT2D eigenvalue weighted by Crippen LogP contribution is -2.58. The Balaban J connectivity index is 1.22. The van der Waals surface area contributed by atoms with E-state index < -0.39 is 110 Å². The first-order chi connectivity index (χ1) is 29.5. The van der Waals surface area contributed by atoms with Gasteiger partial charge in [0.1, 0.15) is 40.7 Å². The van der Waals surface area contributed by atoms with Crippen molar-refractivity contribution in [3.05, 3.63) is 41.6 Å². The second kappa shape index (κ2) is 15.8. The molecule has 15 nitrogen and oxygen atoms in total. The summed E-state index contributed by atoms with van der Waals surface area (Å²) in [5.41, 5.74) is -5.60. The number of carbonyl (C=O) groups excluding carboxylic acids is 4. The van der Waals surface area contributed by atoms with Crippen molar-refractivity contribution in [1.29, 1.82) is 0 Å². The van der Waals surface area contributed by atoms with Crippen LogP contribution in [0.2, 0.25) is 0 Å². The van der Waals surface area contributed by atoms with Gasteiger partial charge in [-0.15, -0.1) is 0 Å². The normalized spacial score (nSPS) is 30.6. The lowest BCUT2D eigenvalue weighted by molar-refractivity contribution is -0.145. The minimum Gasteiger partial charge on any atom is -0.497 e. The van der Waals surface area contributed by atoms with Crippen LogP contribution in [0.3, 0.4) is 0 Å². The summed E-state index contributed by atoms with van der Waals surface area (Å²) in [5, 5.41) is 5.74. The van der Waals surface area contributed by atoms with Gasteiger partial charge in [-0.05, 0) is 84.4 Å². The number of ether oxygens (including phenoxy) is 3. The SMILES string of the molecule is COc1ccc2nc(C(F)(F)F)c3c(c2c1)[C@H](N1CC(F)C1)C[C@]1(C[C@H]2C(=O)N[C@]4(C(=O)NS(=O)(=O)C5(C)CC5)C[C@H]4/C=C\CCCCC[C@H](NC(=O)OC(C)(C)C)C(=O)N2C1)O3. The van der Waals surface area contributed by atoms with E-state index in [-0.39, 0.29) is 49.9 Å². The van der Waals surface area contributed by atoms with Crippen LogP contribution < -0.4 is 24.8 Å². The Labute approximate surface area is 363 Å². The van der Waals surface area contributed by atoms with E-state index in [1.807, 2.05) is 6.08 Å². The number of likely N-dealkylation sites (tertiary alicyclic amines) is 1. The number of alkyl halides is 4. The first kappa shape index (κ1) is 44.9. The number of aromatic nitrogens is 1. The number of alkyl carbamates (subject to hydrolysis) is 1. The van der Waals surface area contributed by atoms with Crippen molar-refractivity contribution in [2.24, 2.45) is 5.92 Å². The highest BCUT2D eigenvalue weighted by atomic mass is 32.2. The molecule has 2 aromatic rings. The molecule has 5 heterocycles. The average Bonchev–Trinajstić information content (AvgIpc) is 4.08. The van der Waals surface area contributed by atoms with E-state index >= 15 is 13.2 Å². The molecule has 0 bridgehead atoms. The zero-order chi connectivity index (χ0) is 45.5. The van der Waals surface area contributed by atoms with E-state index in [9.17, 15) is 32.0 Å². The van der Waals surface area contributed by atoms with Gasteiger partial charge in [0.05, 0.1) is 23.9 Å². The zero-order valence-corrected chi connectivity index (χ0v) is 36.7. The summed E-state index contributed by atoms with van der Waals surface area (Å²) < 4.78 is 105. The topological polar surface area (TPSA) is 186 Å². The predicted octanol–water partition coefficient (Wildman–Crippen LogP) is 5.37. The molecule has 0 unspecified atom stereocenters. The van der Waals surface area contributed by atoms with Crippen LogP contribution in [0.1, 0.15) is 109 Å². The van der Waals surface area contributed by atoms with Gasteiger partial charge < -0.3 is 29.7 Å². The average molecular weight is 907 g/mol. The number of halogens is 4. The van der Waals surface area contributed by atoms with Crippen molar-refractivity contribution in [2.75, 3.05) is 26.7 Å². The molecule has 1 aromatic carbocycles. The van der Waals surface area contributed by atoms with Gasteiger partial charge in [-0.2, -0.15) is 13.2 Å². The number of benzene rings is 1. The van der Waals surface area contributed by atoms with Crippen LogP contribution in [-0.2, 0) is 35.3 Å². The lowest BCUT2D eigenvalue weighted by Gasteiger charge is -2.48. The van der Waals surface area contributed by atoms with Crippen LogP contribution in [-0.4, -0.2) is 114 Å². The number of nitrogens with one attached hydrogen (secondary N) is 3. The molecule has 0 radical (unpaired) electrons. The smallest absolute Gasteiger partial charge is 0.437 e. The summed E-state index contributed by atoms with van der Waals surface area (Å²) in [6.07, 6.45) is -0.826. The summed E-state index contributed by atoms with van der Waals surface area (Å²) in [6, 6.07) is 0.768. The molecule has 2 saturated carbocycles. The van der Waals surface area contributed by atoms with Crippen molar-refractivity contribution in [2.45, 2.75) is 144 Å². The highest BCUT2D eigenvalue weighted by molar-refractivity contribution is 7.91. The molecule has 344 valence electrons. The van der Waals surface area contributed by atoms with Gasteiger partial charge in [-0.3, -0.25) is 24.0 Å². The minimum absolute atomic E-state index is 0.00255. The third-order valence-electron chi connectivity index (χ3n) is 13.3. The Morgan fingerprint density at radius 2 is 1.75 bits per heavy atom. The van der Waals surface area contributed by atoms with Crippen LogP contribution in [0, 0.1) is 5.92 Å². The molecule has 20 heteroatoms. The first-order valence-corrected chi connectivity index (χ1v) is 23.0. The number of carbonyl (C=O) groups is 4. The Hall–Kier alpha value is -4.72. The largest absolute Gasteiger partial charge is 0.497 e. The van der Waals surface area contributed by atoms with E-state index in [4.69, 9.17) is 14.2 Å². The van der Waals surface area contributed by atoms with E-state index in [1.54, 1.807) is 37.8 Å². The fourth-order valence-electron chi connectivity index (χ4n) is 9.39. The summed E-state index contributed by atoms with van der Waals surface area (Å²) in [7, 11) is -2.73. The number of sulfonamides is 1. The van der Waals surface area contributed by atoms with Gasteiger partial charge in [0.2, 0.25) is 21.8 Å². The molecule has 2 aliphatic carbocycles. The highest BCUT2D eigenvalue weighted by Crippen LogP contribution is 2.55. The molecular formula is C43H54F4N6O9S. The molecule has 4 amide bonds. The first-order valence-electron chi connectivity index (χ1n) is 21.5. The number of amides is 4. The number of rotatable bonds is 6. The van der Waals surface area contributed by atoms with Crippen LogP contribution in [0.4, 0.5) is 22.4 Å². The Morgan fingerprint density at radius 1 is 1.03 bits per heavy atom. The van der Waals surface area contributed by atoms with Gasteiger partial charge in [-0.25, -0.2) is 22.6 Å². The van der Waals surface area contributed by atoms with Crippen LogP contribution in [0.5, 0.6) is 11.5 Å². The second-order valence-electron chi connectivity index (χ2n) is 19.2. The minimum atomic E-state index is -5.04. The second-order valence-corrected chi connectivity index (χ2v) is 21.4. The van der Waals surface area contributed by atoms with Crippen molar-refractivity contribution < 1.29 is 59.4 Å². The van der Waals surface area contributed by atoms with Crippen LogP contribution >= 0.6 is 0 Å². The fourth-order valence-corrected chi connectivity index (χ4v) is 10.7. The van der Waals surface area contributed by atoms with Crippen molar-refractivity contribution in [3.8, 4) is 11.5 Å². The Kier molecular flexibility index (Phi) is 11.2. The number of hydrogen-bond acceptors (Lipinski definition) is 11. The summed E-state index contributed by atoms with van der Waals surface area (Å²) in [4.78, 5) is 64.0. The zero-order valence-electron chi connectivity index (χ0n) is 35.9. The third-order valence-corrected chi connectivity index (χ3v) is 15.4. The molecule has 63 heavy (non-hydrogen) atoms. The van der Waals surface area contributed by atoms with Gasteiger partial charge in [0, 0.05) is 48.8 Å². The quantitative estimate of drug-likeness (QED) is 0.250. The molecule has 8 rings (SSSR count). The molecule has 4 fully saturated rings. The van der Waals surface area contributed by atoms with Gasteiger partial charge in [0.15, 0.2) is 11.4 Å². The van der Waals surface area contributed by atoms with Gasteiger partial charge in [0.25, 0.3) is 5.91 Å². The van der Waals surface area contributed by atoms with Crippen LogP contribution in [0.25, 0.3) is 10.9 Å². The third kappa shape index (κ3) is 8.65. The van der Waals surface area contributed by atoms with Crippen molar-refractivity contribution in [1.82, 2.24) is 30.1 Å². The Bertz CT molecular complexity index is 2350. The highest BCUT2D eigenvalue weighted by Gasteiger charge is 2.64. The number of methoxy groups -OCH3 is 1. The Morgan fingerprint density at radius 3 is 2.40 bits per heavy atom. The number of allylic oxidation sites excluding steroid dienone is 1. The lowest BCUT2D eigenvalue weighted by atomic mass is 9.81. The molecule has 4 aliphatic heterocycles. The summed E-state index contributed by atoms with van der Waals surface area (Å²) in [6.45, 7) is 5.83. The number of nitrogens with zero attached hydrogens (tertiary/aromatic N) is 3. The van der Waals surface area contributed by atoms with Gasteiger partial charge in [-0.1, -0.05) is 25.0 Å². The summed E-state index contributed by atoms with van der Waals surface area (Å²) in [5.74, 6) is -3.45. The molecule has 2 saturated heterocycles. The van der Waals surface area contributed by atoms with E-state index in [1.165, 1.54) is 31.1 Å². The number of fused-ring (bicyclic) bond motifs is 5. The van der Waals surface area contributed by atoms with Crippen molar-refractivity contribution in [3.63, 3.8) is 0 Å². The molecule has 6 aliphatic rings. The maximum Gasteiger partial charge on any atom is 0.437 e. The number of pyridine rings is 1. The van der Waals surface area contributed by atoms with Gasteiger partial charge >= 0.3 is 12.3 Å².